The molecule has 0 aromatic carbocycles. The molecule has 0 amide bonds. The molecule has 0 radical (unpaired) electrons. The van der Waals surface area contributed by atoms with Gasteiger partial charge in [0.1, 0.15) is 12.4 Å². The molecule has 0 atom stereocenters. The summed E-state index contributed by atoms with van der Waals surface area (Å²) >= 11 is 0. The quantitative estimate of drug-likeness (QED) is 0.0857. The number of nitrogens with zero attached hydrogens (tertiary/aromatic N) is 2. The lowest BCUT2D eigenvalue weighted by molar-refractivity contribution is -0.696. The maximum atomic E-state index is 14.2. The molecule has 1 aromatic heterocycles. The zero-order valence-corrected chi connectivity index (χ0v) is 29.0. The summed E-state index contributed by atoms with van der Waals surface area (Å²) in [5.74, 6) is -165. The Morgan fingerprint density at radius 3 is 0.754 bits per heavy atom. The van der Waals surface area contributed by atoms with Gasteiger partial charge in [0.25, 0.3) is 0 Å². The summed E-state index contributed by atoms with van der Waals surface area (Å²) in [4.78, 5) is 0. The number of imidazole rings is 1. The molecule has 2 nitrogen and oxygen atoms in total. The summed E-state index contributed by atoms with van der Waals surface area (Å²) in [6.45, 7) is 1.99. The second-order valence-electron chi connectivity index (χ2n) is 12.8. The van der Waals surface area contributed by atoms with Crippen LogP contribution in [0.3, 0.4) is 0 Å². The average Bonchev–Trinajstić information content (AvgIpc) is 3.57. The molecule has 0 unspecified atom stereocenters. The number of hydrogen-bond donors (Lipinski definition) is 0. The van der Waals surface area contributed by atoms with Crippen LogP contribution in [-0.4, -0.2) is 111 Å². The van der Waals surface area contributed by atoms with Gasteiger partial charge in [-0.25, -0.2) is 9.13 Å². The van der Waals surface area contributed by atoms with E-state index in [1.165, 1.54) is 0 Å². The van der Waals surface area contributed by atoms with Crippen LogP contribution < -0.4 is 4.57 Å². The summed E-state index contributed by atoms with van der Waals surface area (Å²) in [7, 11) is 0. The van der Waals surface area contributed by atoms with E-state index in [-0.39, 0.29) is 0 Å². The highest BCUT2D eigenvalue weighted by Gasteiger charge is 3.02. The van der Waals surface area contributed by atoms with Crippen LogP contribution in [0.25, 0.3) is 6.20 Å². The summed E-state index contributed by atoms with van der Waals surface area (Å²) in [6.07, 6.45) is -9.74. The van der Waals surface area contributed by atoms with Crippen molar-refractivity contribution in [3.05, 3.63) is 25.3 Å². The van der Waals surface area contributed by atoms with Crippen molar-refractivity contribution in [3.63, 3.8) is 0 Å². The van der Waals surface area contributed by atoms with E-state index in [0.29, 0.717) is 4.57 Å². The molecule has 1 rings (SSSR count). The molecule has 0 aliphatic heterocycles. The number of halogens is 37. The molecular weight excluding hydrogens is 1040 g/mol. The van der Waals surface area contributed by atoms with Crippen molar-refractivity contribution in [1.29, 1.82) is 0 Å². The topological polar surface area (TPSA) is 8.81 Å². The third-order valence-electron chi connectivity index (χ3n) is 8.56. The van der Waals surface area contributed by atoms with Crippen LogP contribution in [-0.2, 0) is 6.54 Å². The van der Waals surface area contributed by atoms with Crippen molar-refractivity contribution < 1.29 is 167 Å². The second-order valence-corrected chi connectivity index (χ2v) is 12.8. The van der Waals surface area contributed by atoms with Gasteiger partial charge in [0.15, 0.2) is 0 Å². The molecule has 0 aliphatic carbocycles. The van der Waals surface area contributed by atoms with Crippen molar-refractivity contribution in [2.75, 3.05) is 0 Å². The molecule has 0 spiro atoms. The average molecular weight is 1060 g/mol. The van der Waals surface area contributed by atoms with E-state index in [4.69, 9.17) is 0 Å². The minimum absolute atomic E-state index is 0.628. The van der Waals surface area contributed by atoms with Crippen molar-refractivity contribution in [2.45, 2.75) is 126 Å². The van der Waals surface area contributed by atoms with Crippen LogP contribution in [0.4, 0.5) is 162 Å². The minimum atomic E-state index is -10.4. The summed E-state index contributed by atoms with van der Waals surface area (Å²) in [6, 6.07) is 0. The molecule has 39 heteroatoms. The molecule has 0 saturated heterocycles. The maximum absolute atomic E-state index is 14.2. The predicted molar refractivity (Wildman–Crippen MR) is 130 cm³/mol. The van der Waals surface area contributed by atoms with E-state index in [2.05, 4.69) is 6.58 Å². The fraction of sp³-hybridized carbons (Fsp3) is 0.808. The first-order valence-electron chi connectivity index (χ1n) is 14.9. The summed E-state index contributed by atoms with van der Waals surface area (Å²) in [5.41, 5.74) is 0. The molecule has 1 heterocycles. The standard InChI is InChI=1S/C26H12F37N2/c1-2-64-6-7-65(8-64)5-3-4-9(27,28)10(29,30)11(31,32)12(33,34)13(35,36)14(37,38)15(39,40)16(41,42)17(43,44)18(45,46)19(47,48)20(49,50)21(51,52)22(53,54)23(55,56)24(57,58)25(59,60)26(61,62)63/h2,6-8H,1,3-5H2/q+1. The Labute approximate surface area is 330 Å². The van der Waals surface area contributed by atoms with Crippen LogP contribution in [0.5, 0.6) is 0 Å². The van der Waals surface area contributed by atoms with Gasteiger partial charge in [-0.05, 0) is 6.42 Å². The Bertz CT molecular complexity index is 1860. The van der Waals surface area contributed by atoms with Gasteiger partial charge in [0, 0.05) is 6.42 Å². The highest BCUT2D eigenvalue weighted by Crippen LogP contribution is 2.70. The van der Waals surface area contributed by atoms with Gasteiger partial charge in [-0.2, -0.15) is 162 Å². The van der Waals surface area contributed by atoms with E-state index in [1.54, 1.807) is 0 Å². The van der Waals surface area contributed by atoms with Gasteiger partial charge in [-0.1, -0.05) is 6.58 Å². The molecule has 1 aromatic rings. The fourth-order valence-electron chi connectivity index (χ4n) is 4.46. The molecule has 65 heavy (non-hydrogen) atoms. The zero-order chi connectivity index (χ0) is 53.1. The van der Waals surface area contributed by atoms with Gasteiger partial charge in [0.05, 0.1) is 12.7 Å². The van der Waals surface area contributed by atoms with Crippen LogP contribution >= 0.6 is 0 Å². The molecular formula is C26H12F37N2+. The SMILES string of the molecule is C=Cn1cc[n+](CCCC(F)(F)C(F)(F)C(F)(F)C(F)(F)C(F)(F)C(F)(F)C(F)(F)C(F)(F)C(F)(F)C(F)(F)C(F)(F)C(F)(F)C(F)(F)C(F)(F)C(F)(F)C(F)(F)C(F)(F)C(F)(F)F)c1. The van der Waals surface area contributed by atoms with Crippen LogP contribution in [0.1, 0.15) is 12.8 Å². The van der Waals surface area contributed by atoms with Crippen molar-refractivity contribution in [1.82, 2.24) is 4.57 Å². The Kier molecular flexibility index (Phi) is 14.1. The fourth-order valence-corrected chi connectivity index (χ4v) is 4.46. The zero-order valence-electron chi connectivity index (χ0n) is 29.0. The van der Waals surface area contributed by atoms with Gasteiger partial charge in [-0.15, -0.1) is 0 Å². The first-order chi connectivity index (χ1) is 27.8. The number of aromatic nitrogens is 2. The Hall–Kier alpha value is -3.64. The van der Waals surface area contributed by atoms with E-state index in [0.717, 1.165) is 29.5 Å². The Balaban J connectivity index is 3.95. The first-order valence-corrected chi connectivity index (χ1v) is 14.9. The lowest BCUT2D eigenvalue weighted by Crippen LogP contribution is -2.80. The molecule has 384 valence electrons. The second kappa shape index (κ2) is 15.4. The number of aryl methyl sites for hydroxylation is 1. The van der Waals surface area contributed by atoms with E-state index < -0.39 is 126 Å². The molecule has 0 saturated carbocycles. The number of rotatable bonds is 21. The highest BCUT2D eigenvalue weighted by atomic mass is 19.4. The van der Waals surface area contributed by atoms with Crippen molar-refractivity contribution in [3.8, 4) is 0 Å². The predicted octanol–water partition coefficient (Wildman–Crippen LogP) is 13.0. The first kappa shape index (κ1) is 59.4. The molecule has 0 N–H and O–H groups in total. The van der Waals surface area contributed by atoms with E-state index in [9.17, 15) is 162 Å². The van der Waals surface area contributed by atoms with Gasteiger partial charge in [-0.3, -0.25) is 0 Å². The Morgan fingerprint density at radius 2 is 0.554 bits per heavy atom. The van der Waals surface area contributed by atoms with Crippen LogP contribution in [0.15, 0.2) is 25.3 Å². The monoisotopic (exact) mass is 1060 g/mol. The molecule has 0 aliphatic rings. The smallest absolute Gasteiger partial charge is 0.236 e. The number of alkyl halides is 37. The van der Waals surface area contributed by atoms with Gasteiger partial charge >= 0.3 is 107 Å². The lowest BCUT2D eigenvalue weighted by atomic mass is 9.82. The maximum Gasteiger partial charge on any atom is 0.460 e. The number of hydrogen-bond acceptors (Lipinski definition) is 0. The van der Waals surface area contributed by atoms with Crippen molar-refractivity contribution >= 4 is 6.20 Å². The lowest BCUT2D eigenvalue weighted by Gasteiger charge is -2.47. The highest BCUT2D eigenvalue weighted by molar-refractivity contribution is 5.23. The van der Waals surface area contributed by atoms with E-state index in [1.807, 2.05) is 0 Å². The third kappa shape index (κ3) is 7.34. The summed E-state index contributed by atoms with van der Waals surface area (Å²) in [5, 5.41) is 0. The van der Waals surface area contributed by atoms with Gasteiger partial charge in [0.2, 0.25) is 6.33 Å². The van der Waals surface area contributed by atoms with E-state index >= 15 is 0 Å². The Morgan fingerprint density at radius 1 is 0.338 bits per heavy atom. The molecule has 0 bridgehead atoms. The van der Waals surface area contributed by atoms with Gasteiger partial charge < -0.3 is 0 Å². The summed E-state index contributed by atoms with van der Waals surface area (Å²) < 4.78 is 511. The normalized spacial score (nSPS) is 16.6. The minimum Gasteiger partial charge on any atom is -0.236 e. The van der Waals surface area contributed by atoms with Crippen LogP contribution in [0, 0.1) is 0 Å². The largest absolute Gasteiger partial charge is 0.460 e. The molecule has 0 fully saturated rings. The van der Waals surface area contributed by atoms with Crippen LogP contribution in [0.2, 0.25) is 0 Å². The third-order valence-corrected chi connectivity index (χ3v) is 8.56. The van der Waals surface area contributed by atoms with Crippen molar-refractivity contribution in [2.24, 2.45) is 0 Å².